The van der Waals surface area contributed by atoms with Crippen molar-refractivity contribution in [2.45, 2.75) is 13.3 Å². The van der Waals surface area contributed by atoms with Crippen LogP contribution in [0.4, 0.5) is 4.39 Å². The third-order valence-corrected chi connectivity index (χ3v) is 3.22. The fourth-order valence-corrected chi connectivity index (χ4v) is 2.12. The molecular weight excluding hydrogens is 271 g/mol. The molecule has 1 aromatic heterocycles. The van der Waals surface area contributed by atoms with E-state index in [1.165, 1.54) is 23.2 Å². The van der Waals surface area contributed by atoms with Crippen molar-refractivity contribution < 1.29 is 9.18 Å². The third-order valence-electron chi connectivity index (χ3n) is 3.22. The first-order valence-corrected chi connectivity index (χ1v) is 6.57. The first kappa shape index (κ1) is 13.4. The van der Waals surface area contributed by atoms with E-state index >= 15 is 0 Å². The van der Waals surface area contributed by atoms with E-state index in [0.29, 0.717) is 24.4 Å². The predicted molar refractivity (Wildman–Crippen MR) is 75.4 cm³/mol. The molecule has 0 bridgehead atoms. The minimum Gasteiger partial charge on any atom is -0.267 e. The standard InChI is InChI=1S/C15H13FN4O/c1-10-17-8-12(9-18-10)14-5-6-20(19-14)15(21)11-3-2-4-13(16)7-11/h2-4,7-9H,5-6H2,1H3. The van der Waals surface area contributed by atoms with E-state index in [9.17, 15) is 9.18 Å². The Morgan fingerprint density at radius 1 is 1.29 bits per heavy atom. The largest absolute Gasteiger partial charge is 0.274 e. The van der Waals surface area contributed by atoms with Crippen LogP contribution in [0.3, 0.4) is 0 Å². The fourth-order valence-electron chi connectivity index (χ4n) is 2.12. The van der Waals surface area contributed by atoms with Gasteiger partial charge in [-0.3, -0.25) is 4.79 Å². The maximum Gasteiger partial charge on any atom is 0.274 e. The number of aryl methyl sites for hydroxylation is 1. The molecule has 21 heavy (non-hydrogen) atoms. The Labute approximate surface area is 121 Å². The average Bonchev–Trinajstić information content (AvgIpc) is 2.97. The minimum absolute atomic E-state index is 0.292. The number of halogens is 1. The normalized spacial score (nSPS) is 14.2. The van der Waals surface area contributed by atoms with E-state index < -0.39 is 5.82 Å². The van der Waals surface area contributed by atoms with Crippen molar-refractivity contribution in [3.8, 4) is 0 Å². The number of nitrogens with zero attached hydrogens (tertiary/aromatic N) is 4. The molecule has 1 amide bonds. The van der Waals surface area contributed by atoms with E-state index in [4.69, 9.17) is 0 Å². The lowest BCUT2D eigenvalue weighted by Crippen LogP contribution is -2.23. The van der Waals surface area contributed by atoms with Crippen LogP contribution in [0.25, 0.3) is 0 Å². The molecule has 6 heteroatoms. The second-order valence-electron chi connectivity index (χ2n) is 4.75. The summed E-state index contributed by atoms with van der Waals surface area (Å²) in [4.78, 5) is 20.5. The number of carbonyl (C=O) groups excluding carboxylic acids is 1. The van der Waals surface area contributed by atoms with Gasteiger partial charge in [0.2, 0.25) is 0 Å². The summed E-state index contributed by atoms with van der Waals surface area (Å²) in [6.45, 7) is 2.28. The van der Waals surface area contributed by atoms with Crippen molar-refractivity contribution in [1.29, 1.82) is 0 Å². The lowest BCUT2D eigenvalue weighted by molar-refractivity contribution is 0.0778. The first-order chi connectivity index (χ1) is 10.1. The second kappa shape index (κ2) is 5.40. The molecule has 1 aliphatic heterocycles. The Morgan fingerprint density at radius 2 is 2.05 bits per heavy atom. The van der Waals surface area contributed by atoms with Gasteiger partial charge in [-0.1, -0.05) is 6.07 Å². The molecule has 3 rings (SSSR count). The van der Waals surface area contributed by atoms with Crippen LogP contribution < -0.4 is 0 Å². The summed E-state index contributed by atoms with van der Waals surface area (Å²) in [6.07, 6.45) is 4.02. The molecule has 2 aromatic rings. The highest BCUT2D eigenvalue weighted by molar-refractivity contribution is 6.04. The highest BCUT2D eigenvalue weighted by atomic mass is 19.1. The highest BCUT2D eigenvalue weighted by Crippen LogP contribution is 2.16. The molecule has 1 aliphatic rings. The maximum absolute atomic E-state index is 13.2. The molecule has 0 fully saturated rings. The van der Waals surface area contributed by atoms with Gasteiger partial charge < -0.3 is 0 Å². The summed E-state index contributed by atoms with van der Waals surface area (Å²) in [7, 11) is 0. The van der Waals surface area contributed by atoms with E-state index in [0.717, 1.165) is 11.3 Å². The number of benzene rings is 1. The summed E-state index contributed by atoms with van der Waals surface area (Å²) in [5.74, 6) is -0.0567. The van der Waals surface area contributed by atoms with Crippen molar-refractivity contribution in [2.75, 3.05) is 6.54 Å². The topological polar surface area (TPSA) is 58.5 Å². The van der Waals surface area contributed by atoms with E-state index in [1.54, 1.807) is 25.4 Å². The van der Waals surface area contributed by atoms with Crippen LogP contribution in [0.5, 0.6) is 0 Å². The zero-order chi connectivity index (χ0) is 14.8. The molecule has 106 valence electrons. The Balaban J connectivity index is 1.82. The maximum atomic E-state index is 13.2. The molecule has 0 aliphatic carbocycles. The molecule has 0 spiro atoms. The van der Waals surface area contributed by atoms with Crippen LogP contribution in [0.2, 0.25) is 0 Å². The Hall–Kier alpha value is -2.63. The van der Waals surface area contributed by atoms with Crippen LogP contribution in [0.15, 0.2) is 41.8 Å². The van der Waals surface area contributed by atoms with Crippen LogP contribution >= 0.6 is 0 Å². The highest BCUT2D eigenvalue weighted by Gasteiger charge is 2.23. The quantitative estimate of drug-likeness (QED) is 0.849. The number of carbonyl (C=O) groups is 1. The van der Waals surface area contributed by atoms with Crippen molar-refractivity contribution in [3.63, 3.8) is 0 Å². The summed E-state index contributed by atoms with van der Waals surface area (Å²) < 4.78 is 13.2. The summed E-state index contributed by atoms with van der Waals surface area (Å²) in [6, 6.07) is 5.61. The summed E-state index contributed by atoms with van der Waals surface area (Å²) >= 11 is 0. The van der Waals surface area contributed by atoms with Crippen LogP contribution in [0, 0.1) is 12.7 Å². The van der Waals surface area contributed by atoms with E-state index in [-0.39, 0.29) is 5.91 Å². The number of aromatic nitrogens is 2. The van der Waals surface area contributed by atoms with Gasteiger partial charge in [-0.15, -0.1) is 0 Å². The number of hydrogen-bond acceptors (Lipinski definition) is 4. The van der Waals surface area contributed by atoms with Gasteiger partial charge in [-0.05, 0) is 25.1 Å². The Bertz CT molecular complexity index is 712. The van der Waals surface area contributed by atoms with Crippen LogP contribution in [-0.4, -0.2) is 33.1 Å². The third kappa shape index (κ3) is 2.79. The Morgan fingerprint density at radius 3 is 2.76 bits per heavy atom. The van der Waals surface area contributed by atoms with Crippen LogP contribution in [0.1, 0.15) is 28.2 Å². The second-order valence-corrected chi connectivity index (χ2v) is 4.75. The average molecular weight is 284 g/mol. The zero-order valence-corrected chi connectivity index (χ0v) is 11.5. The van der Waals surface area contributed by atoms with Crippen molar-refractivity contribution >= 4 is 11.6 Å². The monoisotopic (exact) mass is 284 g/mol. The van der Waals surface area contributed by atoms with Crippen LogP contribution in [-0.2, 0) is 0 Å². The van der Waals surface area contributed by atoms with Gasteiger partial charge in [-0.2, -0.15) is 5.10 Å². The lowest BCUT2D eigenvalue weighted by atomic mass is 10.1. The van der Waals surface area contributed by atoms with Gasteiger partial charge in [0.05, 0.1) is 12.3 Å². The molecule has 0 atom stereocenters. The molecule has 2 heterocycles. The predicted octanol–water partition coefficient (Wildman–Crippen LogP) is 2.17. The smallest absolute Gasteiger partial charge is 0.267 e. The zero-order valence-electron chi connectivity index (χ0n) is 11.5. The van der Waals surface area contributed by atoms with Gasteiger partial charge in [0.25, 0.3) is 5.91 Å². The van der Waals surface area contributed by atoms with E-state index in [2.05, 4.69) is 15.1 Å². The summed E-state index contributed by atoms with van der Waals surface area (Å²) in [5.41, 5.74) is 1.86. The molecule has 0 unspecified atom stereocenters. The molecule has 0 radical (unpaired) electrons. The van der Waals surface area contributed by atoms with Crippen molar-refractivity contribution in [3.05, 3.63) is 59.4 Å². The van der Waals surface area contributed by atoms with Crippen molar-refractivity contribution in [1.82, 2.24) is 15.0 Å². The number of hydrazone groups is 1. The van der Waals surface area contributed by atoms with Gasteiger partial charge in [-0.25, -0.2) is 19.4 Å². The SMILES string of the molecule is Cc1ncc(C2=NN(C(=O)c3cccc(F)c3)CC2)cn1. The van der Waals surface area contributed by atoms with Gasteiger partial charge in [0.15, 0.2) is 0 Å². The molecule has 1 aromatic carbocycles. The minimum atomic E-state index is -0.434. The molecule has 0 saturated heterocycles. The number of amides is 1. The fraction of sp³-hybridized carbons (Fsp3) is 0.200. The molecule has 0 saturated carbocycles. The van der Waals surface area contributed by atoms with Gasteiger partial charge in [0, 0.05) is 29.9 Å². The lowest BCUT2D eigenvalue weighted by Gasteiger charge is -2.11. The van der Waals surface area contributed by atoms with E-state index in [1.807, 2.05) is 0 Å². The number of hydrogen-bond donors (Lipinski definition) is 0. The number of rotatable bonds is 2. The van der Waals surface area contributed by atoms with Gasteiger partial charge in [0.1, 0.15) is 11.6 Å². The van der Waals surface area contributed by atoms with Crippen molar-refractivity contribution in [2.24, 2.45) is 5.10 Å². The first-order valence-electron chi connectivity index (χ1n) is 6.57. The van der Waals surface area contributed by atoms with Gasteiger partial charge >= 0.3 is 0 Å². The molecular formula is C15H13FN4O. The summed E-state index contributed by atoms with van der Waals surface area (Å²) in [5, 5.41) is 5.64. The molecule has 5 nitrogen and oxygen atoms in total. The Kier molecular flexibility index (Phi) is 3.43. The molecule has 0 N–H and O–H groups in total.